The smallest absolute Gasteiger partial charge is 0.318 e. The Balaban J connectivity index is 2.07. The number of benzene rings is 1. The quantitative estimate of drug-likeness (QED) is 0.382. The molecule has 0 radical (unpaired) electrons. The zero-order chi connectivity index (χ0) is 16.4. The van der Waals surface area contributed by atoms with Gasteiger partial charge in [0, 0.05) is 16.0 Å². The number of hydrogen-bond donors (Lipinski definition) is 0. The SMILES string of the molecule is COC(=O)[C@@H](C)Sc1ncnc2scc(-c3ccc(Cl)cc3)c12. The number of carbonyl (C=O) groups is 1. The van der Waals surface area contributed by atoms with Crippen LogP contribution in [0, 0.1) is 0 Å². The fraction of sp³-hybridized carbons (Fsp3) is 0.188. The van der Waals surface area contributed by atoms with Crippen molar-refractivity contribution in [2.24, 2.45) is 0 Å². The van der Waals surface area contributed by atoms with Crippen LogP contribution in [0.15, 0.2) is 41.0 Å². The Morgan fingerprint density at radius 2 is 2.04 bits per heavy atom. The van der Waals surface area contributed by atoms with Crippen LogP contribution >= 0.6 is 34.7 Å². The van der Waals surface area contributed by atoms with E-state index in [2.05, 4.69) is 15.3 Å². The maximum atomic E-state index is 11.7. The first-order valence-electron chi connectivity index (χ1n) is 6.82. The largest absolute Gasteiger partial charge is 0.468 e. The van der Waals surface area contributed by atoms with Gasteiger partial charge < -0.3 is 4.74 Å². The lowest BCUT2D eigenvalue weighted by Gasteiger charge is -2.09. The number of nitrogens with zero attached hydrogens (tertiary/aromatic N) is 2. The molecule has 0 spiro atoms. The van der Waals surface area contributed by atoms with Crippen LogP contribution in [-0.2, 0) is 9.53 Å². The second-order valence-electron chi connectivity index (χ2n) is 4.80. The molecule has 0 saturated heterocycles. The molecule has 2 aromatic heterocycles. The summed E-state index contributed by atoms with van der Waals surface area (Å²) >= 11 is 8.90. The standard InChI is InChI=1S/C16H13ClN2O2S2/c1-9(16(20)21-2)23-15-13-12(7-22-14(13)18-8-19-15)10-3-5-11(17)6-4-10/h3-9H,1-2H3/t9-/m1/s1. The van der Waals surface area contributed by atoms with Crippen LogP contribution in [0.3, 0.4) is 0 Å². The van der Waals surface area contributed by atoms with Crippen molar-refractivity contribution < 1.29 is 9.53 Å². The van der Waals surface area contributed by atoms with Crippen LogP contribution in [-0.4, -0.2) is 28.3 Å². The van der Waals surface area contributed by atoms with Crippen molar-refractivity contribution in [2.45, 2.75) is 17.2 Å². The second-order valence-corrected chi connectivity index (χ2v) is 7.42. The van der Waals surface area contributed by atoms with Gasteiger partial charge in [-0.2, -0.15) is 0 Å². The lowest BCUT2D eigenvalue weighted by Crippen LogP contribution is -2.14. The molecule has 0 amide bonds. The molecule has 0 saturated carbocycles. The lowest BCUT2D eigenvalue weighted by atomic mass is 10.1. The molecule has 3 rings (SSSR count). The number of rotatable bonds is 4. The van der Waals surface area contributed by atoms with Crippen LogP contribution in [0.4, 0.5) is 0 Å². The van der Waals surface area contributed by atoms with E-state index in [-0.39, 0.29) is 11.2 Å². The summed E-state index contributed by atoms with van der Waals surface area (Å²) in [6.45, 7) is 1.80. The molecule has 0 aliphatic rings. The van der Waals surface area contributed by atoms with Gasteiger partial charge in [0.25, 0.3) is 0 Å². The van der Waals surface area contributed by atoms with E-state index in [4.69, 9.17) is 16.3 Å². The fourth-order valence-corrected chi connectivity index (χ4v) is 4.23. The third-order valence-electron chi connectivity index (χ3n) is 3.31. The summed E-state index contributed by atoms with van der Waals surface area (Å²) in [5.74, 6) is -0.273. The first-order valence-corrected chi connectivity index (χ1v) is 8.96. The zero-order valence-electron chi connectivity index (χ0n) is 12.4. The molecular weight excluding hydrogens is 352 g/mol. The third-order valence-corrected chi connectivity index (χ3v) is 5.53. The monoisotopic (exact) mass is 364 g/mol. The minimum atomic E-state index is -0.337. The second kappa shape index (κ2) is 6.86. The van der Waals surface area contributed by atoms with Crippen LogP contribution in [0.1, 0.15) is 6.92 Å². The number of aromatic nitrogens is 2. The normalized spacial score (nSPS) is 12.3. The van der Waals surface area contributed by atoms with Crippen molar-refractivity contribution in [3.63, 3.8) is 0 Å². The van der Waals surface area contributed by atoms with E-state index < -0.39 is 0 Å². The Morgan fingerprint density at radius 3 is 2.74 bits per heavy atom. The molecule has 4 nitrogen and oxygen atoms in total. The number of thiophene rings is 1. The van der Waals surface area contributed by atoms with E-state index in [0.717, 1.165) is 26.4 Å². The molecule has 2 heterocycles. The van der Waals surface area contributed by atoms with E-state index in [0.29, 0.717) is 5.02 Å². The summed E-state index contributed by atoms with van der Waals surface area (Å²) in [4.78, 5) is 21.3. The van der Waals surface area contributed by atoms with Gasteiger partial charge in [0.1, 0.15) is 21.4 Å². The molecule has 23 heavy (non-hydrogen) atoms. The van der Waals surface area contributed by atoms with Crippen molar-refractivity contribution in [2.75, 3.05) is 7.11 Å². The van der Waals surface area contributed by atoms with Crippen LogP contribution in [0.25, 0.3) is 21.3 Å². The van der Waals surface area contributed by atoms with Gasteiger partial charge in [0.2, 0.25) is 0 Å². The van der Waals surface area contributed by atoms with Gasteiger partial charge >= 0.3 is 5.97 Å². The highest BCUT2D eigenvalue weighted by Gasteiger charge is 2.20. The molecular formula is C16H13ClN2O2S2. The molecule has 1 atom stereocenters. The lowest BCUT2D eigenvalue weighted by molar-refractivity contribution is -0.139. The highest BCUT2D eigenvalue weighted by molar-refractivity contribution is 8.00. The van der Waals surface area contributed by atoms with Crippen LogP contribution < -0.4 is 0 Å². The van der Waals surface area contributed by atoms with E-state index in [1.54, 1.807) is 18.3 Å². The number of methoxy groups -OCH3 is 1. The maximum Gasteiger partial charge on any atom is 0.318 e. The Bertz CT molecular complexity index is 849. The predicted octanol–water partition coefficient (Wildman–Crippen LogP) is 4.67. The summed E-state index contributed by atoms with van der Waals surface area (Å²) in [6, 6.07) is 7.65. The molecule has 0 N–H and O–H groups in total. The Morgan fingerprint density at radius 1 is 1.30 bits per heavy atom. The summed E-state index contributed by atoms with van der Waals surface area (Å²) < 4.78 is 4.79. The number of esters is 1. The third kappa shape index (κ3) is 3.34. The number of ether oxygens (including phenoxy) is 1. The first-order chi connectivity index (χ1) is 11.1. The van der Waals surface area contributed by atoms with Gasteiger partial charge in [-0.3, -0.25) is 4.79 Å². The maximum absolute atomic E-state index is 11.7. The molecule has 0 aliphatic heterocycles. The van der Waals surface area contributed by atoms with Crippen molar-refractivity contribution in [3.8, 4) is 11.1 Å². The summed E-state index contributed by atoms with van der Waals surface area (Å²) in [6.07, 6.45) is 1.52. The number of fused-ring (bicyclic) bond motifs is 1. The van der Waals surface area contributed by atoms with Gasteiger partial charge in [-0.05, 0) is 24.6 Å². The van der Waals surface area contributed by atoms with Gasteiger partial charge in [-0.1, -0.05) is 35.5 Å². The van der Waals surface area contributed by atoms with Gasteiger partial charge in [0.05, 0.1) is 12.5 Å². The minimum Gasteiger partial charge on any atom is -0.468 e. The van der Waals surface area contributed by atoms with E-state index in [9.17, 15) is 4.79 Å². The highest BCUT2D eigenvalue weighted by Crippen LogP contribution is 2.39. The van der Waals surface area contributed by atoms with Gasteiger partial charge in [-0.25, -0.2) is 9.97 Å². The summed E-state index contributed by atoms with van der Waals surface area (Å²) in [5, 5.41) is 4.14. The molecule has 0 bridgehead atoms. The number of thioether (sulfide) groups is 1. The average Bonchev–Trinajstić information content (AvgIpc) is 3.00. The molecule has 0 aliphatic carbocycles. The molecule has 118 valence electrons. The zero-order valence-corrected chi connectivity index (χ0v) is 14.8. The van der Waals surface area contributed by atoms with Gasteiger partial charge in [-0.15, -0.1) is 11.3 Å². The summed E-state index contributed by atoms with van der Waals surface area (Å²) in [7, 11) is 1.39. The molecule has 7 heteroatoms. The van der Waals surface area contributed by atoms with E-state index in [1.165, 1.54) is 25.2 Å². The van der Waals surface area contributed by atoms with Crippen LogP contribution in [0.2, 0.25) is 5.02 Å². The summed E-state index contributed by atoms with van der Waals surface area (Å²) in [5.41, 5.74) is 2.09. The van der Waals surface area contributed by atoms with Crippen molar-refractivity contribution in [3.05, 3.63) is 41.0 Å². The number of hydrogen-bond acceptors (Lipinski definition) is 6. The predicted molar refractivity (Wildman–Crippen MR) is 95.2 cm³/mol. The molecule has 0 unspecified atom stereocenters. The van der Waals surface area contributed by atoms with Crippen molar-refractivity contribution in [1.29, 1.82) is 0 Å². The number of carbonyl (C=O) groups excluding carboxylic acids is 1. The fourth-order valence-electron chi connectivity index (χ4n) is 2.16. The Hall–Kier alpha value is -1.63. The van der Waals surface area contributed by atoms with Crippen molar-refractivity contribution >= 4 is 50.9 Å². The van der Waals surface area contributed by atoms with Crippen LogP contribution in [0.5, 0.6) is 0 Å². The van der Waals surface area contributed by atoms with E-state index in [1.807, 2.05) is 24.3 Å². The topological polar surface area (TPSA) is 52.1 Å². The minimum absolute atomic E-state index is 0.273. The van der Waals surface area contributed by atoms with Crippen molar-refractivity contribution in [1.82, 2.24) is 9.97 Å². The van der Waals surface area contributed by atoms with Gasteiger partial charge in [0.15, 0.2) is 0 Å². The molecule has 0 fully saturated rings. The Kier molecular flexibility index (Phi) is 4.84. The number of halogens is 1. The molecule has 1 aromatic carbocycles. The Labute approximate surface area is 146 Å². The highest BCUT2D eigenvalue weighted by atomic mass is 35.5. The first kappa shape index (κ1) is 16.2. The average molecular weight is 365 g/mol. The van der Waals surface area contributed by atoms with E-state index >= 15 is 0 Å². The molecule has 3 aromatic rings.